The molecule has 1 aromatic carbocycles. The molecule has 1 heterocycles. The maximum absolute atomic E-state index is 5.73. The first-order valence-electron chi connectivity index (χ1n) is 6.13. The molecule has 20 heavy (non-hydrogen) atoms. The number of rotatable bonds is 5. The van der Waals surface area contributed by atoms with Crippen molar-refractivity contribution in [3.05, 3.63) is 53.2 Å². The predicted octanol–water partition coefficient (Wildman–Crippen LogP) is 2.61. The van der Waals surface area contributed by atoms with Crippen LogP contribution >= 0.6 is 12.2 Å². The van der Waals surface area contributed by atoms with E-state index in [1.807, 2.05) is 37.3 Å². The smallest absolute Gasteiger partial charge is 0.224 e. The summed E-state index contributed by atoms with van der Waals surface area (Å²) >= 11 is 5.05. The van der Waals surface area contributed by atoms with E-state index in [9.17, 15) is 0 Å². The highest BCUT2D eigenvalue weighted by Gasteiger charge is 2.11. The van der Waals surface area contributed by atoms with Crippen molar-refractivity contribution >= 4 is 17.2 Å². The first-order valence-corrected chi connectivity index (χ1v) is 6.53. The van der Waals surface area contributed by atoms with Crippen molar-refractivity contribution in [3.63, 3.8) is 0 Å². The Morgan fingerprint density at radius 2 is 2.15 bits per heavy atom. The Balaban J connectivity index is 2.18. The zero-order valence-corrected chi connectivity index (χ0v) is 12.2. The Labute approximate surface area is 123 Å². The first kappa shape index (κ1) is 14.3. The van der Waals surface area contributed by atoms with Crippen LogP contribution in [0.25, 0.3) is 0 Å². The second-order valence-electron chi connectivity index (χ2n) is 4.31. The second-order valence-corrected chi connectivity index (χ2v) is 4.75. The van der Waals surface area contributed by atoms with Gasteiger partial charge in [-0.1, -0.05) is 24.4 Å². The molecule has 0 atom stereocenters. The molecule has 0 unspecified atom stereocenters. The van der Waals surface area contributed by atoms with E-state index in [0.717, 1.165) is 16.9 Å². The van der Waals surface area contributed by atoms with Gasteiger partial charge in [-0.05, 0) is 36.2 Å². The molecular weight excluding hydrogens is 272 g/mol. The van der Waals surface area contributed by atoms with Gasteiger partial charge in [0.25, 0.3) is 0 Å². The molecule has 4 nitrogen and oxygen atoms in total. The Morgan fingerprint density at radius 3 is 2.85 bits per heavy atom. The fourth-order valence-electron chi connectivity index (χ4n) is 1.86. The average molecular weight is 288 g/mol. The second kappa shape index (κ2) is 6.34. The fraction of sp³-hybridized carbons (Fsp3) is 0.200. The summed E-state index contributed by atoms with van der Waals surface area (Å²) in [6.45, 7) is 2.30. The average Bonchev–Trinajstić information content (AvgIpc) is 2.45. The van der Waals surface area contributed by atoms with Gasteiger partial charge in [-0.15, -0.1) is 0 Å². The summed E-state index contributed by atoms with van der Waals surface area (Å²) < 4.78 is 10.9. The van der Waals surface area contributed by atoms with Crippen LogP contribution in [-0.2, 0) is 6.61 Å². The third-order valence-corrected chi connectivity index (χ3v) is 3.08. The van der Waals surface area contributed by atoms with Crippen LogP contribution in [0.5, 0.6) is 11.6 Å². The standard InChI is InChI=1S/C15H16N2O2S/c1-10-6-7-17-15(13(10)14(16)20)19-9-11-4-3-5-12(8-11)18-2/h3-8H,9H2,1-2H3,(H2,16,20). The molecule has 0 aliphatic heterocycles. The van der Waals surface area contributed by atoms with Gasteiger partial charge in [0.2, 0.25) is 5.88 Å². The van der Waals surface area contributed by atoms with Crippen LogP contribution in [-0.4, -0.2) is 17.1 Å². The van der Waals surface area contributed by atoms with E-state index in [4.69, 9.17) is 27.4 Å². The maximum atomic E-state index is 5.73. The van der Waals surface area contributed by atoms with Crippen molar-refractivity contribution in [1.29, 1.82) is 0 Å². The van der Waals surface area contributed by atoms with Gasteiger partial charge in [-0.3, -0.25) is 0 Å². The zero-order chi connectivity index (χ0) is 14.5. The van der Waals surface area contributed by atoms with E-state index in [-0.39, 0.29) is 4.99 Å². The van der Waals surface area contributed by atoms with Crippen molar-refractivity contribution in [2.45, 2.75) is 13.5 Å². The fourth-order valence-corrected chi connectivity index (χ4v) is 2.10. The van der Waals surface area contributed by atoms with E-state index in [1.54, 1.807) is 13.3 Å². The van der Waals surface area contributed by atoms with Crippen LogP contribution in [0.3, 0.4) is 0 Å². The van der Waals surface area contributed by atoms with E-state index in [1.165, 1.54) is 0 Å². The number of methoxy groups -OCH3 is 1. The highest BCUT2D eigenvalue weighted by molar-refractivity contribution is 7.80. The lowest BCUT2D eigenvalue weighted by atomic mass is 10.1. The highest BCUT2D eigenvalue weighted by atomic mass is 32.1. The van der Waals surface area contributed by atoms with Gasteiger partial charge in [0.1, 0.15) is 17.3 Å². The molecule has 0 aliphatic carbocycles. The van der Waals surface area contributed by atoms with Gasteiger partial charge in [0.15, 0.2) is 0 Å². The molecule has 104 valence electrons. The minimum Gasteiger partial charge on any atom is -0.497 e. The Morgan fingerprint density at radius 1 is 1.35 bits per heavy atom. The lowest BCUT2D eigenvalue weighted by molar-refractivity contribution is 0.292. The molecule has 0 aliphatic rings. The SMILES string of the molecule is COc1cccc(COc2nccc(C)c2C(N)=S)c1. The topological polar surface area (TPSA) is 57.4 Å². The van der Waals surface area contributed by atoms with Crippen LogP contribution in [0.15, 0.2) is 36.5 Å². The Bertz CT molecular complexity index is 629. The van der Waals surface area contributed by atoms with E-state index >= 15 is 0 Å². The lowest BCUT2D eigenvalue weighted by Crippen LogP contribution is -2.14. The number of pyridine rings is 1. The molecule has 0 amide bonds. The van der Waals surface area contributed by atoms with Crippen molar-refractivity contribution in [3.8, 4) is 11.6 Å². The lowest BCUT2D eigenvalue weighted by Gasteiger charge is -2.12. The number of hydrogen-bond acceptors (Lipinski definition) is 4. The van der Waals surface area contributed by atoms with E-state index in [2.05, 4.69) is 4.98 Å². The molecule has 1 aromatic heterocycles. The molecule has 0 radical (unpaired) electrons. The third kappa shape index (κ3) is 3.24. The number of nitrogens with two attached hydrogens (primary N) is 1. The van der Waals surface area contributed by atoms with Gasteiger partial charge < -0.3 is 15.2 Å². The minimum absolute atomic E-state index is 0.288. The van der Waals surface area contributed by atoms with Gasteiger partial charge in [0.05, 0.1) is 12.7 Å². The number of benzene rings is 1. The first-order chi connectivity index (χ1) is 9.61. The van der Waals surface area contributed by atoms with E-state index < -0.39 is 0 Å². The van der Waals surface area contributed by atoms with Crippen LogP contribution < -0.4 is 15.2 Å². The molecule has 0 fully saturated rings. The molecule has 0 saturated carbocycles. The molecule has 2 N–H and O–H groups in total. The summed E-state index contributed by atoms with van der Waals surface area (Å²) in [5, 5.41) is 0. The largest absolute Gasteiger partial charge is 0.497 e. The molecule has 0 saturated heterocycles. The van der Waals surface area contributed by atoms with Crippen LogP contribution in [0.1, 0.15) is 16.7 Å². The van der Waals surface area contributed by atoms with Gasteiger partial charge >= 0.3 is 0 Å². The summed E-state index contributed by atoms with van der Waals surface area (Å²) in [5.74, 6) is 1.25. The molecule has 0 bridgehead atoms. The predicted molar refractivity (Wildman–Crippen MR) is 82.2 cm³/mol. The summed E-state index contributed by atoms with van der Waals surface area (Å²) in [6.07, 6.45) is 1.68. The minimum atomic E-state index is 0.288. The normalized spacial score (nSPS) is 10.1. The number of nitrogens with zero attached hydrogens (tertiary/aromatic N) is 1. The van der Waals surface area contributed by atoms with Crippen molar-refractivity contribution in [1.82, 2.24) is 4.98 Å². The third-order valence-electron chi connectivity index (χ3n) is 2.88. The molecular formula is C15H16N2O2S. The van der Waals surface area contributed by atoms with Gasteiger partial charge in [-0.25, -0.2) is 4.98 Å². The molecule has 5 heteroatoms. The molecule has 0 spiro atoms. The van der Waals surface area contributed by atoms with Gasteiger partial charge in [-0.2, -0.15) is 0 Å². The number of thiocarbonyl (C=S) groups is 1. The number of hydrogen-bond donors (Lipinski definition) is 1. The summed E-state index contributed by atoms with van der Waals surface area (Å²) in [7, 11) is 1.63. The Hall–Kier alpha value is -2.14. The number of aryl methyl sites for hydroxylation is 1. The zero-order valence-electron chi connectivity index (χ0n) is 11.4. The summed E-state index contributed by atoms with van der Waals surface area (Å²) in [5.41, 5.74) is 8.35. The van der Waals surface area contributed by atoms with Crippen molar-refractivity contribution in [2.24, 2.45) is 5.73 Å². The molecule has 2 rings (SSSR count). The van der Waals surface area contributed by atoms with Crippen LogP contribution in [0.2, 0.25) is 0 Å². The van der Waals surface area contributed by atoms with Crippen molar-refractivity contribution < 1.29 is 9.47 Å². The number of aromatic nitrogens is 1. The highest BCUT2D eigenvalue weighted by Crippen LogP contribution is 2.21. The summed E-state index contributed by atoms with van der Waals surface area (Å²) in [4.78, 5) is 4.49. The van der Waals surface area contributed by atoms with Gasteiger partial charge in [0, 0.05) is 6.20 Å². The summed E-state index contributed by atoms with van der Waals surface area (Å²) in [6, 6.07) is 9.52. The Kier molecular flexibility index (Phi) is 4.53. The van der Waals surface area contributed by atoms with E-state index in [0.29, 0.717) is 18.1 Å². The van der Waals surface area contributed by atoms with Crippen molar-refractivity contribution in [2.75, 3.05) is 7.11 Å². The quantitative estimate of drug-likeness (QED) is 0.857. The number of ether oxygens (including phenoxy) is 2. The van der Waals surface area contributed by atoms with Crippen LogP contribution in [0.4, 0.5) is 0 Å². The maximum Gasteiger partial charge on any atom is 0.224 e. The molecule has 2 aromatic rings. The monoisotopic (exact) mass is 288 g/mol. The van der Waals surface area contributed by atoms with Crippen LogP contribution in [0, 0.1) is 6.92 Å².